The van der Waals surface area contributed by atoms with E-state index in [1.165, 1.54) is 22.3 Å². The quantitative estimate of drug-likeness (QED) is 0.640. The maximum absolute atomic E-state index is 12.7. The molecule has 4 rings (SSSR count). The number of carbonyl (C=O) groups excluding carboxylic acids is 1. The van der Waals surface area contributed by atoms with Gasteiger partial charge >= 0.3 is 0 Å². The van der Waals surface area contributed by atoms with E-state index in [1.807, 2.05) is 29.2 Å². The van der Waals surface area contributed by atoms with Gasteiger partial charge in [-0.15, -0.1) is 10.2 Å². The molecule has 1 aliphatic heterocycles. The smallest absolute Gasteiger partial charge is 0.227 e. The van der Waals surface area contributed by atoms with Crippen molar-refractivity contribution in [1.29, 1.82) is 0 Å². The average Bonchev–Trinajstić information content (AvgIpc) is 2.78. The molecule has 2 heterocycles. The zero-order valence-corrected chi connectivity index (χ0v) is 18.9. The second kappa shape index (κ2) is 8.88. The van der Waals surface area contributed by atoms with Crippen LogP contribution in [0, 0.1) is 27.7 Å². The van der Waals surface area contributed by atoms with E-state index in [1.54, 1.807) is 0 Å². The summed E-state index contributed by atoms with van der Waals surface area (Å²) in [6.45, 7) is 11.4. The number of amides is 1. The molecule has 160 valence electrons. The summed E-state index contributed by atoms with van der Waals surface area (Å²) < 4.78 is 0. The topological polar surface area (TPSA) is 49.3 Å². The highest BCUT2D eigenvalue weighted by Crippen LogP contribution is 2.25. The minimum atomic E-state index is 0.195. The molecule has 0 bridgehead atoms. The maximum atomic E-state index is 12.7. The van der Waals surface area contributed by atoms with Crippen molar-refractivity contribution in [1.82, 2.24) is 15.1 Å². The lowest BCUT2D eigenvalue weighted by atomic mass is 9.99. The zero-order chi connectivity index (χ0) is 22.0. The molecule has 0 aliphatic carbocycles. The number of aryl methyl sites for hydroxylation is 4. The number of nitrogens with zero attached hydrogens (tertiary/aromatic N) is 4. The minimum Gasteiger partial charge on any atom is -0.352 e. The number of rotatable bonds is 4. The molecule has 5 nitrogen and oxygen atoms in total. The first kappa shape index (κ1) is 21.0. The maximum Gasteiger partial charge on any atom is 0.227 e. The Morgan fingerprint density at radius 1 is 0.806 bits per heavy atom. The third-order valence-electron chi connectivity index (χ3n) is 6.33. The van der Waals surface area contributed by atoms with Gasteiger partial charge in [-0.2, -0.15) is 0 Å². The van der Waals surface area contributed by atoms with E-state index >= 15 is 0 Å². The van der Waals surface area contributed by atoms with Crippen LogP contribution in [0.15, 0.2) is 48.5 Å². The SMILES string of the molecule is Cc1cc(C)c(-c2ccc(N3CCN(C(=O)Cc4ccccc4C)CC3)nn2)cc1C. The Morgan fingerprint density at radius 2 is 1.52 bits per heavy atom. The lowest BCUT2D eigenvalue weighted by Gasteiger charge is -2.35. The molecule has 1 fully saturated rings. The molecule has 1 aliphatic rings. The van der Waals surface area contributed by atoms with Crippen LogP contribution in [0.2, 0.25) is 0 Å². The Kier molecular flexibility index (Phi) is 6.03. The van der Waals surface area contributed by atoms with E-state index in [0.717, 1.165) is 35.7 Å². The molecule has 0 atom stereocenters. The van der Waals surface area contributed by atoms with Crippen LogP contribution >= 0.6 is 0 Å². The molecule has 0 saturated carbocycles. The summed E-state index contributed by atoms with van der Waals surface area (Å²) in [5, 5.41) is 9.00. The molecule has 1 amide bonds. The van der Waals surface area contributed by atoms with Crippen molar-refractivity contribution in [2.45, 2.75) is 34.1 Å². The second-order valence-corrected chi connectivity index (χ2v) is 8.50. The van der Waals surface area contributed by atoms with Gasteiger partial charge in [0.25, 0.3) is 0 Å². The summed E-state index contributed by atoms with van der Waals surface area (Å²) in [6.07, 6.45) is 0.469. The number of anilines is 1. The number of carbonyl (C=O) groups is 1. The monoisotopic (exact) mass is 414 g/mol. The van der Waals surface area contributed by atoms with Crippen molar-refractivity contribution >= 4 is 11.7 Å². The van der Waals surface area contributed by atoms with Gasteiger partial charge in [-0.05, 0) is 73.7 Å². The minimum absolute atomic E-state index is 0.195. The number of hydrogen-bond acceptors (Lipinski definition) is 4. The van der Waals surface area contributed by atoms with Crippen molar-refractivity contribution < 1.29 is 4.79 Å². The van der Waals surface area contributed by atoms with Gasteiger partial charge in [0.1, 0.15) is 0 Å². The van der Waals surface area contributed by atoms with Gasteiger partial charge in [-0.25, -0.2) is 0 Å². The molecule has 2 aromatic carbocycles. The first-order valence-electron chi connectivity index (χ1n) is 10.9. The van der Waals surface area contributed by atoms with E-state index in [2.05, 4.69) is 67.1 Å². The van der Waals surface area contributed by atoms with Crippen molar-refractivity contribution in [2.75, 3.05) is 31.1 Å². The van der Waals surface area contributed by atoms with Gasteiger partial charge in [0.2, 0.25) is 5.91 Å². The normalized spacial score (nSPS) is 14.1. The highest BCUT2D eigenvalue weighted by atomic mass is 16.2. The predicted octanol–water partition coefficient (Wildman–Crippen LogP) is 4.27. The fraction of sp³-hybridized carbons (Fsp3) is 0.346. The highest BCUT2D eigenvalue weighted by molar-refractivity contribution is 5.79. The molecule has 1 saturated heterocycles. The van der Waals surface area contributed by atoms with E-state index in [9.17, 15) is 4.79 Å². The van der Waals surface area contributed by atoms with Crippen molar-refractivity contribution in [3.8, 4) is 11.3 Å². The van der Waals surface area contributed by atoms with Gasteiger partial charge in [0, 0.05) is 31.7 Å². The van der Waals surface area contributed by atoms with Crippen LogP contribution in [0.4, 0.5) is 5.82 Å². The Morgan fingerprint density at radius 3 is 2.19 bits per heavy atom. The van der Waals surface area contributed by atoms with Gasteiger partial charge < -0.3 is 9.80 Å². The Bertz CT molecular complexity index is 1080. The fourth-order valence-electron chi connectivity index (χ4n) is 4.14. The summed E-state index contributed by atoms with van der Waals surface area (Å²) >= 11 is 0. The van der Waals surface area contributed by atoms with Gasteiger partial charge in [0.15, 0.2) is 5.82 Å². The van der Waals surface area contributed by atoms with E-state index in [4.69, 9.17) is 0 Å². The average molecular weight is 415 g/mol. The fourth-order valence-corrected chi connectivity index (χ4v) is 4.14. The number of piperazine rings is 1. The molecular weight excluding hydrogens is 384 g/mol. The molecule has 0 N–H and O–H groups in total. The van der Waals surface area contributed by atoms with Crippen LogP contribution in [0.5, 0.6) is 0 Å². The molecule has 0 spiro atoms. The summed E-state index contributed by atoms with van der Waals surface area (Å²) in [5.41, 5.74) is 8.08. The Balaban J connectivity index is 1.38. The van der Waals surface area contributed by atoms with Crippen LogP contribution in [-0.2, 0) is 11.2 Å². The molecule has 0 radical (unpaired) electrons. The van der Waals surface area contributed by atoms with Crippen LogP contribution in [-0.4, -0.2) is 47.2 Å². The van der Waals surface area contributed by atoms with Crippen molar-refractivity contribution in [3.05, 3.63) is 76.3 Å². The van der Waals surface area contributed by atoms with Crippen molar-refractivity contribution in [3.63, 3.8) is 0 Å². The Hall–Kier alpha value is -3.21. The highest BCUT2D eigenvalue weighted by Gasteiger charge is 2.22. The van der Waals surface area contributed by atoms with E-state index in [0.29, 0.717) is 19.5 Å². The molecule has 3 aromatic rings. The Labute approximate surface area is 184 Å². The lowest BCUT2D eigenvalue weighted by molar-refractivity contribution is -0.130. The summed E-state index contributed by atoms with van der Waals surface area (Å²) in [5.74, 6) is 1.07. The van der Waals surface area contributed by atoms with Crippen molar-refractivity contribution in [2.24, 2.45) is 0 Å². The zero-order valence-electron chi connectivity index (χ0n) is 18.9. The van der Waals surface area contributed by atoms with E-state index in [-0.39, 0.29) is 5.91 Å². The largest absolute Gasteiger partial charge is 0.352 e. The van der Waals surface area contributed by atoms with Crippen LogP contribution < -0.4 is 4.90 Å². The molecular formula is C26H30N4O. The second-order valence-electron chi connectivity index (χ2n) is 8.50. The first-order valence-corrected chi connectivity index (χ1v) is 10.9. The van der Waals surface area contributed by atoms with Gasteiger partial charge in [-0.1, -0.05) is 30.3 Å². The van der Waals surface area contributed by atoms with Gasteiger partial charge in [0.05, 0.1) is 12.1 Å². The third kappa shape index (κ3) is 4.61. The molecule has 31 heavy (non-hydrogen) atoms. The number of benzene rings is 2. The van der Waals surface area contributed by atoms with Crippen LogP contribution in [0.3, 0.4) is 0 Å². The summed E-state index contributed by atoms with van der Waals surface area (Å²) in [6, 6.07) is 16.6. The van der Waals surface area contributed by atoms with E-state index < -0.39 is 0 Å². The summed E-state index contributed by atoms with van der Waals surface area (Å²) in [4.78, 5) is 16.9. The first-order chi connectivity index (χ1) is 14.9. The standard InChI is InChI=1S/C26H30N4O/c1-18-7-5-6-8-22(18)17-26(31)30-13-11-29(12-14-30)25-10-9-24(27-28-25)23-16-20(3)19(2)15-21(23)4/h5-10,15-16H,11-14,17H2,1-4H3. The lowest BCUT2D eigenvalue weighted by Crippen LogP contribution is -2.49. The number of aromatic nitrogens is 2. The predicted molar refractivity (Wildman–Crippen MR) is 125 cm³/mol. The summed E-state index contributed by atoms with van der Waals surface area (Å²) in [7, 11) is 0. The van der Waals surface area contributed by atoms with Gasteiger partial charge in [-0.3, -0.25) is 4.79 Å². The molecule has 0 unspecified atom stereocenters. The van der Waals surface area contributed by atoms with Crippen LogP contribution in [0.1, 0.15) is 27.8 Å². The molecule has 1 aromatic heterocycles. The molecule has 5 heteroatoms. The number of hydrogen-bond donors (Lipinski definition) is 0. The third-order valence-corrected chi connectivity index (χ3v) is 6.33. The van der Waals surface area contributed by atoms with Crippen LogP contribution in [0.25, 0.3) is 11.3 Å².